The second kappa shape index (κ2) is 6.88. The fraction of sp³-hybridized carbons (Fsp3) is 0.550. The number of ether oxygens (including phenoxy) is 2. The third-order valence-electron chi connectivity index (χ3n) is 4.84. The van der Waals surface area contributed by atoms with Gasteiger partial charge < -0.3 is 14.0 Å². The van der Waals surface area contributed by atoms with Crippen molar-refractivity contribution in [3.05, 3.63) is 29.5 Å². The van der Waals surface area contributed by atoms with E-state index in [1.165, 1.54) is 22.2 Å². The summed E-state index contributed by atoms with van der Waals surface area (Å²) in [4.78, 5) is 12.2. The van der Waals surface area contributed by atoms with E-state index in [1.807, 2.05) is 13.0 Å². The first-order chi connectivity index (χ1) is 11.5. The molecule has 24 heavy (non-hydrogen) atoms. The van der Waals surface area contributed by atoms with Crippen molar-refractivity contribution < 1.29 is 14.3 Å². The first-order valence-corrected chi connectivity index (χ1v) is 8.89. The molecular weight excluding hydrogens is 302 g/mol. The Bertz CT molecular complexity index is 745. The lowest BCUT2D eigenvalue weighted by atomic mass is 9.86. The molecule has 4 nitrogen and oxygen atoms in total. The van der Waals surface area contributed by atoms with Crippen LogP contribution in [0.15, 0.2) is 18.2 Å². The lowest BCUT2D eigenvalue weighted by molar-refractivity contribution is -0.148. The van der Waals surface area contributed by atoms with Crippen molar-refractivity contribution >= 4 is 16.9 Å². The van der Waals surface area contributed by atoms with E-state index >= 15 is 0 Å². The molecule has 1 aliphatic rings. The maximum absolute atomic E-state index is 12.2. The predicted octanol–water partition coefficient (Wildman–Crippen LogP) is 3.97. The third kappa shape index (κ3) is 3.02. The predicted molar refractivity (Wildman–Crippen MR) is 95.5 cm³/mol. The SMILES string of the molecule is CCOC(=O)C1CCc2c(c3cc(OC)ccc3n2CC(C)C)C1. The van der Waals surface area contributed by atoms with Crippen molar-refractivity contribution in [3.63, 3.8) is 0 Å². The largest absolute Gasteiger partial charge is 0.497 e. The molecule has 0 radical (unpaired) electrons. The molecule has 1 atom stereocenters. The van der Waals surface area contributed by atoms with Gasteiger partial charge in [0.25, 0.3) is 0 Å². The Labute approximate surface area is 143 Å². The monoisotopic (exact) mass is 329 g/mol. The summed E-state index contributed by atoms with van der Waals surface area (Å²) < 4.78 is 13.1. The molecule has 2 aromatic rings. The number of rotatable bonds is 5. The molecule has 0 fully saturated rings. The van der Waals surface area contributed by atoms with Crippen molar-refractivity contribution in [2.24, 2.45) is 11.8 Å². The number of hydrogen-bond donors (Lipinski definition) is 0. The first-order valence-electron chi connectivity index (χ1n) is 8.89. The summed E-state index contributed by atoms with van der Waals surface area (Å²) in [6.45, 7) is 7.80. The molecule has 0 amide bonds. The van der Waals surface area contributed by atoms with Crippen LogP contribution < -0.4 is 4.74 Å². The average molecular weight is 329 g/mol. The zero-order valence-electron chi connectivity index (χ0n) is 15.1. The van der Waals surface area contributed by atoms with Crippen LogP contribution in [0.4, 0.5) is 0 Å². The van der Waals surface area contributed by atoms with E-state index in [2.05, 4.69) is 30.5 Å². The Hall–Kier alpha value is -1.97. The van der Waals surface area contributed by atoms with Crippen LogP contribution in [0.3, 0.4) is 0 Å². The van der Waals surface area contributed by atoms with Crippen LogP contribution in [-0.2, 0) is 28.9 Å². The van der Waals surface area contributed by atoms with E-state index in [0.717, 1.165) is 31.6 Å². The first kappa shape index (κ1) is 16.9. The standard InChI is InChI=1S/C20H27NO3/c1-5-24-20(22)14-6-8-18-16(10-14)17-11-15(23-4)7-9-19(17)21(18)12-13(2)3/h7,9,11,13-14H,5-6,8,10,12H2,1-4H3. The Morgan fingerprint density at radius 2 is 2.17 bits per heavy atom. The summed E-state index contributed by atoms with van der Waals surface area (Å²) in [5, 5.41) is 1.22. The van der Waals surface area contributed by atoms with Gasteiger partial charge in [0.05, 0.1) is 19.6 Å². The maximum atomic E-state index is 12.2. The van der Waals surface area contributed by atoms with Gasteiger partial charge in [0.1, 0.15) is 5.75 Å². The van der Waals surface area contributed by atoms with Gasteiger partial charge in [0, 0.05) is 23.1 Å². The minimum atomic E-state index is -0.0594. The minimum absolute atomic E-state index is 0.0262. The number of carbonyl (C=O) groups excluding carboxylic acids is 1. The number of benzene rings is 1. The number of hydrogen-bond acceptors (Lipinski definition) is 3. The summed E-state index contributed by atoms with van der Waals surface area (Å²) in [5.41, 5.74) is 3.93. The highest BCUT2D eigenvalue weighted by Crippen LogP contribution is 2.37. The quantitative estimate of drug-likeness (QED) is 0.779. The molecule has 3 rings (SSSR count). The highest BCUT2D eigenvalue weighted by atomic mass is 16.5. The van der Waals surface area contributed by atoms with Crippen molar-refractivity contribution in [1.29, 1.82) is 0 Å². The van der Waals surface area contributed by atoms with Gasteiger partial charge in [-0.3, -0.25) is 4.79 Å². The van der Waals surface area contributed by atoms with Crippen LogP contribution in [0.1, 0.15) is 38.4 Å². The van der Waals surface area contributed by atoms with Crippen molar-refractivity contribution in [1.82, 2.24) is 4.57 Å². The van der Waals surface area contributed by atoms with Gasteiger partial charge in [-0.1, -0.05) is 13.8 Å². The molecule has 130 valence electrons. The lowest BCUT2D eigenvalue weighted by Crippen LogP contribution is -2.25. The molecular formula is C20H27NO3. The van der Waals surface area contributed by atoms with Gasteiger partial charge in [-0.2, -0.15) is 0 Å². The van der Waals surface area contributed by atoms with Gasteiger partial charge in [-0.25, -0.2) is 0 Å². The lowest BCUT2D eigenvalue weighted by Gasteiger charge is -2.23. The van der Waals surface area contributed by atoms with E-state index in [-0.39, 0.29) is 11.9 Å². The van der Waals surface area contributed by atoms with E-state index in [1.54, 1.807) is 7.11 Å². The summed E-state index contributed by atoms with van der Waals surface area (Å²) in [7, 11) is 1.69. The zero-order chi connectivity index (χ0) is 17.3. The van der Waals surface area contributed by atoms with Crippen LogP contribution in [0.2, 0.25) is 0 Å². The summed E-state index contributed by atoms with van der Waals surface area (Å²) in [5.74, 6) is 1.36. The number of aromatic nitrogens is 1. The van der Waals surface area contributed by atoms with Gasteiger partial charge in [0.2, 0.25) is 0 Å². The van der Waals surface area contributed by atoms with Crippen molar-refractivity contribution in [2.45, 2.75) is 46.6 Å². The molecule has 1 aliphatic carbocycles. The fourth-order valence-corrected chi connectivity index (χ4v) is 3.79. The van der Waals surface area contributed by atoms with Crippen molar-refractivity contribution in [3.8, 4) is 5.75 Å². The van der Waals surface area contributed by atoms with Gasteiger partial charge in [-0.15, -0.1) is 0 Å². The average Bonchev–Trinajstić information content (AvgIpc) is 2.87. The number of fused-ring (bicyclic) bond motifs is 3. The highest BCUT2D eigenvalue weighted by Gasteiger charge is 2.30. The maximum Gasteiger partial charge on any atom is 0.309 e. The van der Waals surface area contributed by atoms with Crippen molar-refractivity contribution in [2.75, 3.05) is 13.7 Å². The molecule has 0 aliphatic heterocycles. The van der Waals surface area contributed by atoms with E-state index in [0.29, 0.717) is 12.5 Å². The number of esters is 1. The van der Waals surface area contributed by atoms with Crippen LogP contribution in [0.25, 0.3) is 10.9 Å². The van der Waals surface area contributed by atoms with Crippen LogP contribution >= 0.6 is 0 Å². The molecule has 0 spiro atoms. The third-order valence-corrected chi connectivity index (χ3v) is 4.84. The normalized spacial score (nSPS) is 17.1. The van der Waals surface area contributed by atoms with Gasteiger partial charge in [0.15, 0.2) is 0 Å². The number of nitrogens with zero attached hydrogens (tertiary/aromatic N) is 1. The molecule has 1 unspecified atom stereocenters. The molecule has 1 aromatic heterocycles. The molecule has 0 saturated heterocycles. The van der Waals surface area contributed by atoms with E-state index in [9.17, 15) is 4.79 Å². The topological polar surface area (TPSA) is 40.5 Å². The fourth-order valence-electron chi connectivity index (χ4n) is 3.79. The van der Waals surface area contributed by atoms with Gasteiger partial charge in [-0.05, 0) is 55.9 Å². The molecule has 4 heteroatoms. The number of methoxy groups -OCH3 is 1. The molecule has 0 saturated carbocycles. The second-order valence-corrected chi connectivity index (χ2v) is 7.00. The molecule has 1 aromatic carbocycles. The summed E-state index contributed by atoms with van der Waals surface area (Å²) >= 11 is 0. The molecule has 0 bridgehead atoms. The van der Waals surface area contributed by atoms with Gasteiger partial charge >= 0.3 is 5.97 Å². The summed E-state index contributed by atoms with van der Waals surface area (Å²) in [6, 6.07) is 6.28. The Morgan fingerprint density at radius 1 is 1.38 bits per heavy atom. The highest BCUT2D eigenvalue weighted by molar-refractivity contribution is 5.88. The Balaban J connectivity index is 2.07. The minimum Gasteiger partial charge on any atom is -0.497 e. The van der Waals surface area contributed by atoms with E-state index in [4.69, 9.17) is 9.47 Å². The smallest absolute Gasteiger partial charge is 0.309 e. The second-order valence-electron chi connectivity index (χ2n) is 7.00. The Morgan fingerprint density at radius 3 is 2.83 bits per heavy atom. The summed E-state index contributed by atoms with van der Waals surface area (Å²) in [6.07, 6.45) is 2.57. The number of carbonyl (C=O) groups is 1. The molecule has 1 heterocycles. The van der Waals surface area contributed by atoms with E-state index < -0.39 is 0 Å². The zero-order valence-corrected chi connectivity index (χ0v) is 15.1. The van der Waals surface area contributed by atoms with Crippen LogP contribution in [0.5, 0.6) is 5.75 Å². The van der Waals surface area contributed by atoms with Crippen LogP contribution in [0, 0.1) is 11.8 Å². The molecule has 0 N–H and O–H groups in total. The van der Waals surface area contributed by atoms with Crippen LogP contribution in [-0.4, -0.2) is 24.3 Å². The Kier molecular flexibility index (Phi) is 4.83.